The fourth-order valence-electron chi connectivity index (χ4n) is 0.742. The molecule has 3 nitrogen and oxygen atoms in total. The van der Waals surface area contributed by atoms with Crippen molar-refractivity contribution in [2.24, 2.45) is 0 Å². The molecule has 0 spiro atoms. The summed E-state index contributed by atoms with van der Waals surface area (Å²) in [6.07, 6.45) is -1.01. The van der Waals surface area contributed by atoms with E-state index in [-0.39, 0.29) is 6.54 Å². The maximum absolute atomic E-state index is 11.7. The molecule has 0 atom stereocenters. The van der Waals surface area contributed by atoms with Gasteiger partial charge in [-0.2, -0.15) is 0 Å². The van der Waals surface area contributed by atoms with Crippen LogP contribution in [0.15, 0.2) is 0 Å². The van der Waals surface area contributed by atoms with E-state index in [1.807, 2.05) is 0 Å². The van der Waals surface area contributed by atoms with E-state index < -0.39 is 19.3 Å². The van der Waals surface area contributed by atoms with E-state index in [4.69, 9.17) is 0 Å². The lowest BCUT2D eigenvalue weighted by molar-refractivity contribution is -0.121. The molecular weight excluding hydrogens is 172 g/mol. The molecule has 7 heteroatoms. The number of amides is 1. The fourth-order valence-corrected chi connectivity index (χ4v) is 0.742. The number of halogens is 3. The highest BCUT2D eigenvalue weighted by molar-refractivity contribution is 6.58. The average molecular weight is 183 g/mol. The van der Waals surface area contributed by atoms with Crippen LogP contribution < -0.4 is 5.32 Å². The van der Waals surface area contributed by atoms with Crippen LogP contribution in [-0.2, 0) is 4.79 Å². The second-order valence-corrected chi connectivity index (χ2v) is 2.58. The molecule has 0 aliphatic carbocycles. The minimum atomic E-state index is -4.84. The number of carbonyl (C=O) groups excluding carboxylic acids is 1. The standard InChI is InChI=1S/C5H11BF3N2O/c1-10-5(12)3-11(2)4-6(7,8)9/h3-4H2,1-2H3,(H,10,12)/q-1. The quantitative estimate of drug-likeness (QED) is 0.624. The maximum Gasteiger partial charge on any atom is 0.492 e. The third kappa shape index (κ3) is 6.02. The van der Waals surface area contributed by atoms with Crippen LogP contribution in [0.2, 0.25) is 0 Å². The predicted octanol–water partition coefficient (Wildman–Crippen LogP) is 0.0508. The van der Waals surface area contributed by atoms with E-state index in [0.717, 1.165) is 4.90 Å². The van der Waals surface area contributed by atoms with Gasteiger partial charge in [0.2, 0.25) is 5.91 Å². The molecule has 0 rings (SSSR count). The Morgan fingerprint density at radius 3 is 2.33 bits per heavy atom. The number of nitrogens with one attached hydrogen (secondary N) is 1. The number of hydrogen-bond acceptors (Lipinski definition) is 2. The lowest BCUT2D eigenvalue weighted by Crippen LogP contribution is -2.40. The Morgan fingerprint density at radius 2 is 2.00 bits per heavy atom. The van der Waals surface area contributed by atoms with Crippen LogP contribution in [0.4, 0.5) is 12.9 Å². The minimum absolute atomic E-state index is 0.224. The summed E-state index contributed by atoms with van der Waals surface area (Å²) in [4.78, 5) is 11.5. The van der Waals surface area contributed by atoms with Crippen LogP contribution in [0, 0.1) is 0 Å². The van der Waals surface area contributed by atoms with E-state index in [1.165, 1.54) is 14.1 Å². The number of likely N-dealkylation sites (N-methyl/N-ethyl adjacent to an activating group) is 2. The summed E-state index contributed by atoms with van der Waals surface area (Å²) < 4.78 is 35.2. The molecular formula is C5H11BF3N2O-. The van der Waals surface area contributed by atoms with Crippen molar-refractivity contribution in [3.8, 4) is 0 Å². The van der Waals surface area contributed by atoms with Crippen molar-refractivity contribution in [3.05, 3.63) is 0 Å². The summed E-state index contributed by atoms with van der Waals surface area (Å²) in [7, 11) is 2.64. The normalized spacial score (nSPS) is 11.8. The number of rotatable bonds is 4. The Bertz CT molecular complexity index is 161. The molecule has 72 valence electrons. The van der Waals surface area contributed by atoms with Gasteiger partial charge in [0.25, 0.3) is 0 Å². The largest absolute Gasteiger partial charge is 0.492 e. The van der Waals surface area contributed by atoms with Gasteiger partial charge in [0.1, 0.15) is 0 Å². The summed E-state index contributed by atoms with van der Waals surface area (Å²) in [5.74, 6) is -0.419. The predicted molar refractivity (Wildman–Crippen MR) is 40.6 cm³/mol. The van der Waals surface area contributed by atoms with Crippen LogP contribution >= 0.6 is 0 Å². The van der Waals surface area contributed by atoms with E-state index >= 15 is 0 Å². The van der Waals surface area contributed by atoms with Crippen molar-refractivity contribution >= 4 is 12.9 Å². The molecule has 12 heavy (non-hydrogen) atoms. The topological polar surface area (TPSA) is 32.3 Å². The molecule has 0 aliphatic rings. The van der Waals surface area contributed by atoms with Gasteiger partial charge in [-0.3, -0.25) is 4.79 Å². The first kappa shape index (κ1) is 11.3. The molecule has 0 aromatic rings. The Hall–Kier alpha value is -0.715. The molecule has 0 aliphatic heterocycles. The van der Waals surface area contributed by atoms with Gasteiger partial charge in [0.15, 0.2) is 0 Å². The third-order valence-corrected chi connectivity index (χ3v) is 1.21. The molecule has 1 N–H and O–H groups in total. The first-order valence-corrected chi connectivity index (χ1v) is 3.45. The first-order valence-electron chi connectivity index (χ1n) is 3.45. The highest BCUT2D eigenvalue weighted by Gasteiger charge is 2.25. The van der Waals surface area contributed by atoms with Crippen molar-refractivity contribution < 1.29 is 17.7 Å². The fraction of sp³-hybridized carbons (Fsp3) is 0.800. The maximum atomic E-state index is 11.7. The van der Waals surface area contributed by atoms with Gasteiger partial charge in [0.05, 0.1) is 6.54 Å². The Kier molecular flexibility index (Phi) is 4.09. The van der Waals surface area contributed by atoms with Gasteiger partial charge in [-0.05, 0) is 13.5 Å². The SMILES string of the molecule is CNC(=O)CN(C)C[B-](F)(F)F. The zero-order valence-electron chi connectivity index (χ0n) is 6.98. The summed E-state index contributed by atoms with van der Waals surface area (Å²) in [6.45, 7) is -5.06. The molecule has 0 aromatic heterocycles. The van der Waals surface area contributed by atoms with Crippen molar-refractivity contribution in [2.75, 3.05) is 27.1 Å². The average Bonchev–Trinajstić information content (AvgIpc) is 1.82. The van der Waals surface area contributed by atoms with Crippen LogP contribution in [0.5, 0.6) is 0 Å². The van der Waals surface area contributed by atoms with Crippen molar-refractivity contribution in [3.63, 3.8) is 0 Å². The highest BCUT2D eigenvalue weighted by atomic mass is 19.4. The summed E-state index contributed by atoms with van der Waals surface area (Å²) in [5.41, 5.74) is 0. The van der Waals surface area contributed by atoms with Gasteiger partial charge < -0.3 is 23.2 Å². The molecule has 0 bridgehead atoms. The molecule has 1 amide bonds. The Balaban J connectivity index is 3.74. The van der Waals surface area contributed by atoms with Gasteiger partial charge in [-0.15, -0.1) is 0 Å². The third-order valence-electron chi connectivity index (χ3n) is 1.21. The molecule has 0 aromatic carbocycles. The minimum Gasteiger partial charge on any atom is -0.448 e. The molecule has 0 heterocycles. The first-order chi connectivity index (χ1) is 5.35. The van der Waals surface area contributed by atoms with Crippen LogP contribution in [0.3, 0.4) is 0 Å². The van der Waals surface area contributed by atoms with E-state index in [2.05, 4.69) is 5.32 Å². The number of nitrogens with zero attached hydrogens (tertiary/aromatic N) is 1. The van der Waals surface area contributed by atoms with Crippen LogP contribution in [0.25, 0.3) is 0 Å². The number of carbonyl (C=O) groups is 1. The van der Waals surface area contributed by atoms with Gasteiger partial charge in [-0.25, -0.2) is 0 Å². The van der Waals surface area contributed by atoms with E-state index in [1.54, 1.807) is 0 Å². The molecule has 0 radical (unpaired) electrons. The van der Waals surface area contributed by atoms with Gasteiger partial charge in [0, 0.05) is 7.05 Å². The lowest BCUT2D eigenvalue weighted by Gasteiger charge is -2.22. The van der Waals surface area contributed by atoms with Crippen molar-refractivity contribution in [2.45, 2.75) is 0 Å². The zero-order valence-corrected chi connectivity index (χ0v) is 6.98. The summed E-state index contributed by atoms with van der Waals surface area (Å²) >= 11 is 0. The van der Waals surface area contributed by atoms with Gasteiger partial charge >= 0.3 is 6.98 Å². The van der Waals surface area contributed by atoms with E-state index in [9.17, 15) is 17.7 Å². The lowest BCUT2D eigenvalue weighted by atomic mass is 9.91. The van der Waals surface area contributed by atoms with Crippen LogP contribution in [-0.4, -0.2) is 44.9 Å². The highest BCUT2D eigenvalue weighted by Crippen LogP contribution is 2.08. The van der Waals surface area contributed by atoms with Crippen molar-refractivity contribution in [1.29, 1.82) is 0 Å². The second kappa shape index (κ2) is 4.35. The molecule has 0 fully saturated rings. The molecule has 0 saturated heterocycles. The zero-order chi connectivity index (χ0) is 9.78. The van der Waals surface area contributed by atoms with Crippen LogP contribution in [0.1, 0.15) is 0 Å². The second-order valence-electron chi connectivity index (χ2n) is 2.58. The smallest absolute Gasteiger partial charge is 0.448 e. The number of hydrogen-bond donors (Lipinski definition) is 1. The molecule has 0 saturated carbocycles. The Morgan fingerprint density at radius 1 is 1.50 bits per heavy atom. The van der Waals surface area contributed by atoms with Gasteiger partial charge in [-0.1, -0.05) is 0 Å². The summed E-state index contributed by atoms with van der Waals surface area (Å²) in [5, 5.41) is 2.24. The van der Waals surface area contributed by atoms with E-state index in [0.29, 0.717) is 0 Å². The Labute approximate surface area is 69.0 Å². The molecule has 0 unspecified atom stereocenters. The summed E-state index contributed by atoms with van der Waals surface area (Å²) in [6, 6.07) is 0. The van der Waals surface area contributed by atoms with Crippen molar-refractivity contribution in [1.82, 2.24) is 10.2 Å². The monoisotopic (exact) mass is 183 g/mol.